The molecule has 2 aromatic carbocycles. The Morgan fingerprint density at radius 1 is 0.647 bits per heavy atom. The van der Waals surface area contributed by atoms with E-state index in [4.69, 9.17) is 4.74 Å². The zero-order valence-electron chi connectivity index (χ0n) is 22.0. The highest BCUT2D eigenvalue weighted by atomic mass is 16.5. The molecule has 0 spiro atoms. The van der Waals surface area contributed by atoms with E-state index in [-0.39, 0.29) is 0 Å². The van der Waals surface area contributed by atoms with Gasteiger partial charge in [0.1, 0.15) is 5.75 Å². The van der Waals surface area contributed by atoms with E-state index in [1.165, 1.54) is 107 Å². The van der Waals surface area contributed by atoms with Crippen LogP contribution in [0.2, 0.25) is 0 Å². The summed E-state index contributed by atoms with van der Waals surface area (Å²) in [7, 11) is 0. The summed E-state index contributed by atoms with van der Waals surface area (Å²) in [5, 5.41) is 0. The third-order valence-corrected chi connectivity index (χ3v) is 7.45. The van der Waals surface area contributed by atoms with Crippen molar-refractivity contribution in [2.75, 3.05) is 6.61 Å². The maximum Gasteiger partial charge on any atom is 0.119 e. The Morgan fingerprint density at radius 2 is 1.21 bits per heavy atom. The molecule has 0 saturated carbocycles. The second-order valence-corrected chi connectivity index (χ2v) is 10.3. The predicted octanol–water partition coefficient (Wildman–Crippen LogP) is 10.6. The van der Waals surface area contributed by atoms with Gasteiger partial charge in [-0.2, -0.15) is 0 Å². The fourth-order valence-corrected chi connectivity index (χ4v) is 5.14. The van der Waals surface area contributed by atoms with Gasteiger partial charge < -0.3 is 4.74 Å². The monoisotopic (exact) mass is 460 g/mol. The van der Waals surface area contributed by atoms with E-state index in [0.29, 0.717) is 0 Å². The van der Waals surface area contributed by atoms with Gasteiger partial charge in [-0.3, -0.25) is 0 Å². The van der Waals surface area contributed by atoms with Crippen LogP contribution in [0.4, 0.5) is 0 Å². The Labute approximate surface area is 210 Å². The van der Waals surface area contributed by atoms with Gasteiger partial charge in [0.25, 0.3) is 0 Å². The van der Waals surface area contributed by atoms with Crippen molar-refractivity contribution < 1.29 is 4.74 Å². The van der Waals surface area contributed by atoms with E-state index in [2.05, 4.69) is 68.5 Å². The van der Waals surface area contributed by atoms with Gasteiger partial charge >= 0.3 is 0 Å². The summed E-state index contributed by atoms with van der Waals surface area (Å²) in [5.41, 5.74) is 5.50. The molecule has 1 aliphatic rings. The molecule has 34 heavy (non-hydrogen) atoms. The third-order valence-electron chi connectivity index (χ3n) is 7.45. The van der Waals surface area contributed by atoms with Crippen molar-refractivity contribution in [2.45, 2.75) is 110 Å². The van der Waals surface area contributed by atoms with Crippen LogP contribution in [0.3, 0.4) is 0 Å². The van der Waals surface area contributed by atoms with Crippen molar-refractivity contribution in [3.63, 3.8) is 0 Å². The lowest BCUT2D eigenvalue weighted by Crippen LogP contribution is -2.05. The SMILES string of the molecule is CCCCCCCCC1CC=C(c2ccc(-c3ccc(OCCCCCCC)cc3)cc2)CC1. The smallest absolute Gasteiger partial charge is 0.119 e. The van der Waals surface area contributed by atoms with Crippen molar-refractivity contribution >= 4 is 5.57 Å². The van der Waals surface area contributed by atoms with Crippen LogP contribution < -0.4 is 4.74 Å². The average Bonchev–Trinajstić information content (AvgIpc) is 2.89. The highest BCUT2D eigenvalue weighted by Gasteiger charge is 2.15. The molecule has 0 fully saturated rings. The van der Waals surface area contributed by atoms with Crippen LogP contribution in [0.1, 0.15) is 116 Å². The number of ether oxygens (including phenoxy) is 1. The molecule has 1 unspecified atom stereocenters. The minimum Gasteiger partial charge on any atom is -0.494 e. The Kier molecular flexibility index (Phi) is 12.4. The summed E-state index contributed by atoms with van der Waals surface area (Å²) in [6, 6.07) is 17.8. The maximum atomic E-state index is 5.92. The largest absolute Gasteiger partial charge is 0.494 e. The lowest BCUT2D eigenvalue weighted by Gasteiger charge is -2.22. The molecule has 1 aliphatic carbocycles. The Morgan fingerprint density at radius 3 is 1.82 bits per heavy atom. The van der Waals surface area contributed by atoms with E-state index in [0.717, 1.165) is 24.7 Å². The molecule has 1 nitrogen and oxygen atoms in total. The minimum atomic E-state index is 0.826. The van der Waals surface area contributed by atoms with Crippen molar-refractivity contribution in [1.29, 1.82) is 0 Å². The second-order valence-electron chi connectivity index (χ2n) is 10.3. The van der Waals surface area contributed by atoms with Crippen molar-refractivity contribution in [2.24, 2.45) is 5.92 Å². The summed E-state index contributed by atoms with van der Waals surface area (Å²) in [6.45, 7) is 5.38. The molecular weight excluding hydrogens is 412 g/mol. The van der Waals surface area contributed by atoms with Crippen LogP contribution in [0.5, 0.6) is 5.75 Å². The first-order valence-corrected chi connectivity index (χ1v) is 14.3. The number of benzene rings is 2. The molecule has 1 atom stereocenters. The zero-order chi connectivity index (χ0) is 23.8. The van der Waals surface area contributed by atoms with E-state index < -0.39 is 0 Å². The van der Waals surface area contributed by atoms with Crippen LogP contribution in [0, 0.1) is 5.92 Å². The maximum absolute atomic E-state index is 5.92. The molecule has 2 aromatic rings. The first kappa shape index (κ1) is 26.6. The molecule has 0 aliphatic heterocycles. The second kappa shape index (κ2) is 15.8. The van der Waals surface area contributed by atoms with Gasteiger partial charge in [0.05, 0.1) is 6.61 Å². The van der Waals surface area contributed by atoms with Gasteiger partial charge in [-0.15, -0.1) is 0 Å². The molecule has 0 bridgehead atoms. The van der Waals surface area contributed by atoms with Crippen molar-refractivity contribution in [1.82, 2.24) is 0 Å². The van der Waals surface area contributed by atoms with Gasteiger partial charge in [0.15, 0.2) is 0 Å². The van der Waals surface area contributed by atoms with E-state index >= 15 is 0 Å². The number of unbranched alkanes of at least 4 members (excludes halogenated alkanes) is 9. The zero-order valence-corrected chi connectivity index (χ0v) is 22.0. The molecule has 0 amide bonds. The Hall–Kier alpha value is -2.02. The van der Waals surface area contributed by atoms with E-state index in [1.807, 2.05) is 0 Å². The van der Waals surface area contributed by atoms with Gasteiger partial charge in [0.2, 0.25) is 0 Å². The highest BCUT2D eigenvalue weighted by molar-refractivity contribution is 5.71. The lowest BCUT2D eigenvalue weighted by atomic mass is 9.83. The van der Waals surface area contributed by atoms with Crippen LogP contribution in [-0.4, -0.2) is 6.61 Å². The molecule has 0 radical (unpaired) electrons. The normalized spacial score (nSPS) is 15.8. The first-order valence-electron chi connectivity index (χ1n) is 14.3. The standard InChI is InChI=1S/C33H48O/c1-3-5-7-9-10-12-14-28-15-17-29(18-16-28)30-19-21-31(22-20-30)32-23-25-33(26-24-32)34-27-13-11-8-6-4-2/h17,19-26,28H,3-16,18,27H2,1-2H3. The van der Waals surface area contributed by atoms with Crippen LogP contribution in [-0.2, 0) is 0 Å². The molecule has 1 heteroatoms. The number of hydrogen-bond acceptors (Lipinski definition) is 1. The van der Waals surface area contributed by atoms with Gasteiger partial charge in [0, 0.05) is 0 Å². The third kappa shape index (κ3) is 9.32. The predicted molar refractivity (Wildman–Crippen MR) is 149 cm³/mol. The van der Waals surface area contributed by atoms with Gasteiger partial charge in [-0.05, 0) is 66.0 Å². The van der Waals surface area contributed by atoms with Gasteiger partial charge in [-0.25, -0.2) is 0 Å². The molecule has 0 saturated heterocycles. The number of allylic oxidation sites excluding steroid dienone is 2. The minimum absolute atomic E-state index is 0.826. The van der Waals surface area contributed by atoms with Crippen LogP contribution >= 0.6 is 0 Å². The Balaban J connectivity index is 1.41. The fraction of sp³-hybridized carbons (Fsp3) is 0.576. The average molecular weight is 461 g/mol. The number of rotatable bonds is 16. The molecule has 0 N–H and O–H groups in total. The summed E-state index contributed by atoms with van der Waals surface area (Å²) in [4.78, 5) is 0. The highest BCUT2D eigenvalue weighted by Crippen LogP contribution is 2.34. The number of hydrogen-bond donors (Lipinski definition) is 0. The van der Waals surface area contributed by atoms with E-state index in [9.17, 15) is 0 Å². The van der Waals surface area contributed by atoms with E-state index in [1.54, 1.807) is 5.57 Å². The summed E-state index contributed by atoms with van der Waals surface area (Å²) >= 11 is 0. The summed E-state index contributed by atoms with van der Waals surface area (Å²) in [5.74, 6) is 1.89. The quantitative estimate of drug-likeness (QED) is 0.226. The van der Waals surface area contributed by atoms with Crippen molar-refractivity contribution in [3.8, 4) is 16.9 Å². The van der Waals surface area contributed by atoms with Crippen molar-refractivity contribution in [3.05, 3.63) is 60.2 Å². The molecule has 3 rings (SSSR count). The molecule has 0 aromatic heterocycles. The van der Waals surface area contributed by atoms with Crippen LogP contribution in [0.25, 0.3) is 16.7 Å². The van der Waals surface area contributed by atoms with Gasteiger partial charge in [-0.1, -0.05) is 127 Å². The summed E-state index contributed by atoms with van der Waals surface area (Å²) < 4.78 is 5.92. The summed E-state index contributed by atoms with van der Waals surface area (Å²) in [6.07, 6.45) is 22.7. The molecule has 0 heterocycles. The van der Waals surface area contributed by atoms with Crippen LogP contribution in [0.15, 0.2) is 54.6 Å². The first-order chi connectivity index (χ1) is 16.8. The molecule has 186 valence electrons. The fourth-order valence-electron chi connectivity index (χ4n) is 5.14. The Bertz CT molecular complexity index is 815. The topological polar surface area (TPSA) is 9.23 Å². The lowest BCUT2D eigenvalue weighted by molar-refractivity contribution is 0.304. The molecular formula is C33H48O.